The summed E-state index contributed by atoms with van der Waals surface area (Å²) >= 11 is 0. The normalized spacial score (nSPS) is 14.8. The molecule has 31 heteroatoms. The van der Waals surface area contributed by atoms with Crippen molar-refractivity contribution in [2.75, 3.05) is 26.2 Å². The highest BCUT2D eigenvalue weighted by Crippen LogP contribution is 2.24. The predicted octanol–water partition coefficient (Wildman–Crippen LogP) is -1.12. The number of amides is 6. The van der Waals surface area contributed by atoms with E-state index in [1.54, 1.807) is 0 Å². The van der Waals surface area contributed by atoms with Gasteiger partial charge in [0.05, 0.1) is 55.4 Å². The number of carbonyl (C=O) groups excluding carboxylic acids is 11. The number of primary amides is 1. The fourth-order valence-corrected chi connectivity index (χ4v) is 10.7. The molecule has 0 fully saturated rings. The smallest absolute Gasteiger partial charge is 0.304 e. The minimum Gasteiger partial charge on any atom is -0.508 e. The summed E-state index contributed by atoms with van der Waals surface area (Å²) in [6, 6.07) is -1.32. The predicted molar refractivity (Wildman–Crippen MR) is 347 cm³/mol. The number of hydrogen-bond donors (Lipinski definition) is 16. The number of carbonyl (C=O) groups is 12. The van der Waals surface area contributed by atoms with Crippen molar-refractivity contribution in [1.29, 1.82) is 0 Å². The van der Waals surface area contributed by atoms with E-state index in [-0.39, 0.29) is 126 Å². The number of H-pyrrole nitrogens is 1. The largest absolute Gasteiger partial charge is 0.508 e. The van der Waals surface area contributed by atoms with Gasteiger partial charge in [0, 0.05) is 88.2 Å². The topological polar surface area (TPSA) is 555 Å². The molecule has 0 bridgehead atoms. The quantitative estimate of drug-likeness (QED) is 0.0212. The zero-order valence-electron chi connectivity index (χ0n) is 54.8. The lowest BCUT2D eigenvalue weighted by atomic mass is 9.87. The van der Waals surface area contributed by atoms with E-state index in [9.17, 15) is 78.0 Å². The van der Waals surface area contributed by atoms with Crippen LogP contribution in [0.5, 0.6) is 5.75 Å². The highest BCUT2D eigenvalue weighted by atomic mass is 16.4. The van der Waals surface area contributed by atoms with Crippen LogP contribution in [0, 0.1) is 41.4 Å². The number of unbranched alkanes of at least 4 members (excludes halogenated alkanes) is 1. The molecule has 0 unspecified atom stereocenters. The number of Topliss-reactive ketones (excluding diaryl/α,β-unsaturated/α-hetero) is 5. The fraction of sp³-hybridized carbons (Fsp3) is 0.635. The van der Waals surface area contributed by atoms with E-state index in [1.165, 1.54) is 43.7 Å². The third kappa shape index (κ3) is 31.7. The number of aliphatic imine (C=N–C) groups is 2. The highest BCUT2D eigenvalue weighted by molar-refractivity contribution is 5.99. The van der Waals surface area contributed by atoms with Crippen LogP contribution in [0.3, 0.4) is 0 Å². The first-order chi connectivity index (χ1) is 44.2. The van der Waals surface area contributed by atoms with Gasteiger partial charge in [-0.1, -0.05) is 39.8 Å². The number of benzene rings is 1. The van der Waals surface area contributed by atoms with Crippen molar-refractivity contribution in [1.82, 2.24) is 36.6 Å². The van der Waals surface area contributed by atoms with E-state index in [0.717, 1.165) is 6.92 Å². The molecule has 0 spiro atoms. The molecule has 0 radical (unpaired) electrons. The van der Waals surface area contributed by atoms with Crippen LogP contribution in [0.15, 0.2) is 46.8 Å². The van der Waals surface area contributed by atoms with Crippen LogP contribution in [-0.2, 0) is 70.4 Å². The lowest BCUT2D eigenvalue weighted by Crippen LogP contribution is -2.52. The van der Waals surface area contributed by atoms with Gasteiger partial charge in [-0.2, -0.15) is 0 Å². The van der Waals surface area contributed by atoms with Gasteiger partial charge in [0.1, 0.15) is 17.8 Å². The minimum atomic E-state index is -1.85. The average molecular weight is 1320 g/mol. The van der Waals surface area contributed by atoms with Crippen molar-refractivity contribution in [3.63, 3.8) is 0 Å². The number of carboxylic acid groups (broad SMARTS) is 1. The molecule has 31 nitrogen and oxygen atoms in total. The van der Waals surface area contributed by atoms with Crippen molar-refractivity contribution in [2.45, 2.75) is 187 Å². The Morgan fingerprint density at radius 1 is 0.543 bits per heavy atom. The van der Waals surface area contributed by atoms with E-state index >= 15 is 0 Å². The second kappa shape index (κ2) is 42.5. The standard InChI is InChI=1S/C63H101N15O16/c1-34(2)21-40(57(65)90)26-50(83)47(13-10-20-72-63(68)69)76-59(92)41(23-38-14-16-45(82)17-15-38)27-51(84)46(12-7-8-18-64)75-60(93)43(30-55(88)89)29-54(87)56(36(5)80)78-61(94)42(24-44-31-70-33-73-44)28-53(86)49(32-79)77-58(91)39(11-9-19-71-62(66)67)25-52(85)48(22-35(3)4)74-37(6)81/h14-17,31,33-36,39-43,46-49,56,79-80,82H,7-13,18-30,32,64H2,1-6H3,(H2,65,90)(H,70,73)(H,74,81)(H,75,93)(H,76,92)(H,77,91)(H,78,94)(H,88,89)(H4,66,67,71)(H4,68,69,72)/t36-,39-,40-,41-,42-,43+,46+,47+,48+,49+,56+/m1/s1. The first-order valence-corrected chi connectivity index (χ1v) is 31.7. The van der Waals surface area contributed by atoms with Gasteiger partial charge >= 0.3 is 5.97 Å². The number of hydrogen-bond acceptors (Lipinski definition) is 19. The molecule has 524 valence electrons. The Bertz CT molecular complexity index is 2880. The molecule has 0 aliphatic heterocycles. The zero-order chi connectivity index (χ0) is 70.8. The molecule has 22 N–H and O–H groups in total. The molecule has 2 aromatic rings. The summed E-state index contributed by atoms with van der Waals surface area (Å²) in [5.41, 5.74) is 34.2. The maximum absolute atomic E-state index is 14.6. The molecule has 0 saturated carbocycles. The van der Waals surface area contributed by atoms with E-state index in [1.807, 2.05) is 27.7 Å². The number of aliphatic carboxylic acids is 1. The number of ketones is 5. The molecule has 1 aromatic heterocycles. The Morgan fingerprint density at radius 2 is 1.01 bits per heavy atom. The number of nitrogens with two attached hydrogens (primary N) is 6. The van der Waals surface area contributed by atoms with Crippen LogP contribution >= 0.6 is 0 Å². The van der Waals surface area contributed by atoms with Gasteiger partial charge in [0.2, 0.25) is 35.4 Å². The Labute approximate surface area is 547 Å². The number of guanidine groups is 2. The Balaban J connectivity index is 2.53. The van der Waals surface area contributed by atoms with Gasteiger partial charge in [0.15, 0.2) is 40.8 Å². The van der Waals surface area contributed by atoms with Crippen LogP contribution in [0.2, 0.25) is 0 Å². The lowest BCUT2D eigenvalue weighted by Gasteiger charge is -2.27. The number of aromatic hydroxyl groups is 1. The van der Waals surface area contributed by atoms with Gasteiger partial charge in [-0.05, 0) is 107 Å². The monoisotopic (exact) mass is 1320 g/mol. The molecular weight excluding hydrogens is 1220 g/mol. The van der Waals surface area contributed by atoms with Gasteiger partial charge in [-0.25, -0.2) is 4.98 Å². The van der Waals surface area contributed by atoms with Crippen molar-refractivity contribution < 1.29 is 78.0 Å². The second-order valence-electron chi connectivity index (χ2n) is 24.8. The number of aliphatic hydroxyl groups is 2. The number of aromatic nitrogens is 2. The summed E-state index contributed by atoms with van der Waals surface area (Å²) in [5.74, 6) is -17.0. The number of phenols is 1. The molecule has 94 heavy (non-hydrogen) atoms. The van der Waals surface area contributed by atoms with E-state index in [2.05, 4.69) is 46.5 Å². The van der Waals surface area contributed by atoms with Crippen LogP contribution < -0.4 is 61.0 Å². The number of phenolic OH excluding ortho intramolecular Hbond substituents is 1. The molecule has 2 rings (SSSR count). The lowest BCUT2D eigenvalue weighted by molar-refractivity contribution is -0.143. The Kier molecular flexibility index (Phi) is 36.8. The summed E-state index contributed by atoms with van der Waals surface area (Å²) in [5, 5.41) is 54.6. The Hall–Kier alpha value is -8.71. The van der Waals surface area contributed by atoms with Crippen molar-refractivity contribution in [2.24, 2.45) is 85.8 Å². The summed E-state index contributed by atoms with van der Waals surface area (Å²) in [7, 11) is 0. The summed E-state index contributed by atoms with van der Waals surface area (Å²) in [4.78, 5) is 180. The second-order valence-corrected chi connectivity index (χ2v) is 24.8. The number of nitrogens with one attached hydrogen (secondary N) is 6. The average Bonchev–Trinajstić information content (AvgIpc) is 1.19. The van der Waals surface area contributed by atoms with Crippen LogP contribution in [0.4, 0.5) is 0 Å². The van der Waals surface area contributed by atoms with E-state index in [0.29, 0.717) is 17.7 Å². The zero-order valence-corrected chi connectivity index (χ0v) is 54.8. The van der Waals surface area contributed by atoms with Crippen LogP contribution in [-0.4, -0.2) is 175 Å². The summed E-state index contributed by atoms with van der Waals surface area (Å²) in [6.07, 6.45) is -1.90. The maximum Gasteiger partial charge on any atom is 0.304 e. The fourth-order valence-electron chi connectivity index (χ4n) is 10.7. The molecular formula is C63H101N15O16. The first kappa shape index (κ1) is 81.4. The molecule has 6 amide bonds. The SMILES string of the molecule is CC(=O)N[C@@H](CC(C)C)C(=O)C[C@@H](CCCN=C(N)N)C(=O)N[C@@H](CO)C(=O)C[C@@H](Cc1cnc[nH]1)C(=O)N[C@H](C(=O)C[C@@H](CC(=O)O)C(=O)N[C@@H](CCCCN)C(=O)C[C@@H](Cc1ccc(O)cc1)C(=O)N[C@@H](CCCN=C(N)N)C(=O)C[C@@H](CC(C)C)C(N)=O)[C@@H](C)O. The molecule has 0 aliphatic rings. The minimum absolute atomic E-state index is 0.00879. The molecule has 0 aliphatic carbocycles. The summed E-state index contributed by atoms with van der Waals surface area (Å²) in [6.45, 7) is 9.11. The number of rotatable bonds is 49. The van der Waals surface area contributed by atoms with E-state index in [4.69, 9.17) is 34.4 Å². The molecule has 0 saturated heterocycles. The van der Waals surface area contributed by atoms with Gasteiger partial charge in [0.25, 0.3) is 0 Å². The van der Waals surface area contributed by atoms with Crippen molar-refractivity contribution >= 4 is 82.2 Å². The number of aliphatic hydroxyl groups excluding tert-OH is 2. The highest BCUT2D eigenvalue weighted by Gasteiger charge is 2.38. The van der Waals surface area contributed by atoms with Gasteiger partial charge in [-0.15, -0.1) is 0 Å². The Morgan fingerprint density at radius 3 is 1.50 bits per heavy atom. The van der Waals surface area contributed by atoms with Crippen LogP contribution in [0.1, 0.15) is 149 Å². The van der Waals surface area contributed by atoms with Crippen molar-refractivity contribution in [3.05, 3.63) is 48.0 Å². The number of carboxylic acids is 1. The van der Waals surface area contributed by atoms with Gasteiger partial charge < -0.3 is 86.4 Å². The van der Waals surface area contributed by atoms with Crippen molar-refractivity contribution in [3.8, 4) is 5.75 Å². The molecule has 1 heterocycles. The first-order valence-electron chi connectivity index (χ1n) is 31.7. The number of imidazole rings is 1. The van der Waals surface area contributed by atoms with E-state index < -0.39 is 169 Å². The van der Waals surface area contributed by atoms with Crippen LogP contribution in [0.25, 0.3) is 0 Å². The third-order valence-corrected chi connectivity index (χ3v) is 15.5. The number of nitrogens with zero attached hydrogens (tertiary/aromatic N) is 3. The summed E-state index contributed by atoms with van der Waals surface area (Å²) < 4.78 is 0. The van der Waals surface area contributed by atoms with Gasteiger partial charge in [-0.3, -0.25) is 67.5 Å². The molecule has 1 aromatic carbocycles. The molecule has 11 atom stereocenters. The maximum atomic E-state index is 14.6. The number of aromatic amines is 1. The third-order valence-electron chi connectivity index (χ3n) is 15.5.